The molecule has 1 saturated heterocycles. The summed E-state index contributed by atoms with van der Waals surface area (Å²) in [5.74, 6) is -0.000855. The Morgan fingerprint density at radius 2 is 2.23 bits per heavy atom. The summed E-state index contributed by atoms with van der Waals surface area (Å²) in [4.78, 5) is 14.1. The minimum absolute atomic E-state index is 0.000855. The van der Waals surface area contributed by atoms with Gasteiger partial charge >= 0.3 is 0 Å². The van der Waals surface area contributed by atoms with E-state index >= 15 is 0 Å². The number of para-hydroxylation sites is 1. The second-order valence-corrected chi connectivity index (χ2v) is 6.27. The van der Waals surface area contributed by atoms with Crippen molar-refractivity contribution in [1.29, 1.82) is 0 Å². The monoisotopic (exact) mass is 324 g/mol. The second-order valence-electron chi connectivity index (χ2n) is 5.86. The highest BCUT2D eigenvalue weighted by Crippen LogP contribution is 2.20. The highest BCUT2D eigenvalue weighted by atomic mass is 35.5. The Morgan fingerprint density at radius 3 is 2.95 bits per heavy atom. The molecule has 0 saturated carbocycles. The zero-order valence-corrected chi connectivity index (χ0v) is 13.9. The zero-order chi connectivity index (χ0) is 15.8. The molecule has 1 unspecified atom stereocenters. The van der Waals surface area contributed by atoms with E-state index in [4.69, 9.17) is 16.3 Å². The molecule has 0 aliphatic carbocycles. The molecule has 122 valence electrons. The van der Waals surface area contributed by atoms with Crippen LogP contribution in [0, 0.1) is 0 Å². The van der Waals surface area contributed by atoms with E-state index < -0.39 is 0 Å². The van der Waals surface area contributed by atoms with Crippen LogP contribution in [0.25, 0.3) is 0 Å². The smallest absolute Gasteiger partial charge is 0.225 e. The summed E-state index contributed by atoms with van der Waals surface area (Å²) in [5, 5.41) is 3.42. The molecule has 0 aromatic heterocycles. The van der Waals surface area contributed by atoms with Crippen molar-refractivity contribution < 1.29 is 9.53 Å². The number of halogens is 1. The van der Waals surface area contributed by atoms with Crippen LogP contribution in [-0.2, 0) is 9.53 Å². The van der Waals surface area contributed by atoms with Crippen LogP contribution in [0.15, 0.2) is 24.3 Å². The average Bonchev–Trinajstić information content (AvgIpc) is 3.01. The minimum atomic E-state index is -0.000855. The molecule has 0 radical (unpaired) electrons. The van der Waals surface area contributed by atoms with Crippen LogP contribution < -0.4 is 5.32 Å². The van der Waals surface area contributed by atoms with Gasteiger partial charge in [-0.05, 0) is 51.4 Å². The lowest BCUT2D eigenvalue weighted by molar-refractivity contribution is -0.116. The average molecular weight is 325 g/mol. The fourth-order valence-corrected chi connectivity index (χ4v) is 2.82. The van der Waals surface area contributed by atoms with E-state index in [1.807, 2.05) is 18.2 Å². The van der Waals surface area contributed by atoms with Crippen molar-refractivity contribution in [3.63, 3.8) is 0 Å². The number of hydrogen-bond acceptors (Lipinski definition) is 3. The van der Waals surface area contributed by atoms with Gasteiger partial charge in [0.25, 0.3) is 0 Å². The summed E-state index contributed by atoms with van der Waals surface area (Å²) in [7, 11) is 2.05. The lowest BCUT2D eigenvalue weighted by Gasteiger charge is -2.17. The number of nitrogens with one attached hydrogen (secondary N) is 1. The maximum absolute atomic E-state index is 11.9. The molecule has 1 atom stereocenters. The number of nitrogens with zero attached hydrogens (tertiary/aromatic N) is 1. The maximum Gasteiger partial charge on any atom is 0.225 e. The van der Waals surface area contributed by atoms with Gasteiger partial charge in [0.2, 0.25) is 5.91 Å². The molecule has 2 rings (SSSR count). The van der Waals surface area contributed by atoms with Crippen molar-refractivity contribution in [2.45, 2.75) is 38.2 Å². The van der Waals surface area contributed by atoms with Gasteiger partial charge in [-0.3, -0.25) is 4.79 Å². The van der Waals surface area contributed by atoms with Gasteiger partial charge in [0.1, 0.15) is 0 Å². The molecule has 0 bridgehead atoms. The Bertz CT molecular complexity index is 475. The van der Waals surface area contributed by atoms with Crippen molar-refractivity contribution in [3.05, 3.63) is 29.3 Å². The first-order chi connectivity index (χ1) is 10.6. The van der Waals surface area contributed by atoms with Crippen LogP contribution in [0.5, 0.6) is 0 Å². The molecular formula is C17H25ClN2O2. The number of ether oxygens (including phenoxy) is 1. The standard InChI is InChI=1S/C17H25ClN2O2/c1-20(11-4-6-14-7-5-13-22-14)12-10-17(21)19-16-9-3-2-8-15(16)18/h2-3,8-9,14H,4-7,10-13H2,1H3,(H,19,21). The molecule has 1 amide bonds. The Hall–Kier alpha value is -1.10. The van der Waals surface area contributed by atoms with E-state index in [1.165, 1.54) is 12.8 Å². The summed E-state index contributed by atoms with van der Waals surface area (Å²) in [6, 6.07) is 7.29. The molecule has 1 heterocycles. The molecule has 5 heteroatoms. The summed E-state index contributed by atoms with van der Waals surface area (Å²) in [6.07, 6.45) is 5.56. The first-order valence-corrected chi connectivity index (χ1v) is 8.37. The highest BCUT2D eigenvalue weighted by molar-refractivity contribution is 6.33. The van der Waals surface area contributed by atoms with E-state index in [2.05, 4.69) is 17.3 Å². The molecule has 4 nitrogen and oxygen atoms in total. The van der Waals surface area contributed by atoms with Gasteiger partial charge in [0.15, 0.2) is 0 Å². The topological polar surface area (TPSA) is 41.6 Å². The van der Waals surface area contributed by atoms with Crippen molar-refractivity contribution in [1.82, 2.24) is 4.90 Å². The second kappa shape index (κ2) is 9.13. The fourth-order valence-electron chi connectivity index (χ4n) is 2.64. The largest absolute Gasteiger partial charge is 0.378 e. The number of rotatable bonds is 8. The van der Waals surface area contributed by atoms with Crippen molar-refractivity contribution >= 4 is 23.2 Å². The third-order valence-corrected chi connectivity index (χ3v) is 4.29. The van der Waals surface area contributed by atoms with Crippen LogP contribution in [0.1, 0.15) is 32.1 Å². The van der Waals surface area contributed by atoms with Gasteiger partial charge in [-0.1, -0.05) is 23.7 Å². The summed E-state index contributed by atoms with van der Waals surface area (Å²) in [5.41, 5.74) is 0.676. The molecule has 1 aromatic carbocycles. The lowest BCUT2D eigenvalue weighted by Crippen LogP contribution is -2.26. The number of anilines is 1. The van der Waals surface area contributed by atoms with Crippen LogP contribution in [0.4, 0.5) is 5.69 Å². The molecular weight excluding hydrogens is 300 g/mol. The lowest BCUT2D eigenvalue weighted by atomic mass is 10.1. The third kappa shape index (κ3) is 5.95. The summed E-state index contributed by atoms with van der Waals surface area (Å²) in [6.45, 7) is 2.67. The van der Waals surface area contributed by atoms with E-state index in [-0.39, 0.29) is 5.91 Å². The molecule has 1 fully saturated rings. The predicted molar refractivity (Wildman–Crippen MR) is 90.4 cm³/mol. The van der Waals surface area contributed by atoms with Crippen LogP contribution in [-0.4, -0.2) is 43.7 Å². The zero-order valence-electron chi connectivity index (χ0n) is 13.2. The van der Waals surface area contributed by atoms with Gasteiger partial charge in [-0.15, -0.1) is 0 Å². The Morgan fingerprint density at radius 1 is 1.41 bits per heavy atom. The Labute approximate surface area is 137 Å². The van der Waals surface area contributed by atoms with Gasteiger partial charge in [0, 0.05) is 19.6 Å². The normalized spacial score (nSPS) is 17.9. The third-order valence-electron chi connectivity index (χ3n) is 3.96. The van der Waals surface area contributed by atoms with Gasteiger partial charge < -0.3 is 15.0 Å². The van der Waals surface area contributed by atoms with Crippen molar-refractivity contribution in [2.75, 3.05) is 32.1 Å². The number of carbonyl (C=O) groups excluding carboxylic acids is 1. The number of carbonyl (C=O) groups is 1. The van der Waals surface area contributed by atoms with Crippen LogP contribution in [0.2, 0.25) is 5.02 Å². The molecule has 1 N–H and O–H groups in total. The number of amides is 1. The van der Waals surface area contributed by atoms with E-state index in [0.717, 1.165) is 32.5 Å². The van der Waals surface area contributed by atoms with Crippen LogP contribution in [0.3, 0.4) is 0 Å². The number of benzene rings is 1. The Balaban J connectivity index is 1.60. The first-order valence-electron chi connectivity index (χ1n) is 7.99. The molecule has 1 aliphatic heterocycles. The van der Waals surface area contributed by atoms with Gasteiger partial charge in [-0.25, -0.2) is 0 Å². The van der Waals surface area contributed by atoms with E-state index in [0.29, 0.717) is 23.2 Å². The summed E-state index contributed by atoms with van der Waals surface area (Å²) >= 11 is 6.02. The minimum Gasteiger partial charge on any atom is -0.378 e. The van der Waals surface area contributed by atoms with Crippen LogP contribution >= 0.6 is 11.6 Å². The quantitative estimate of drug-likeness (QED) is 0.795. The van der Waals surface area contributed by atoms with Crippen molar-refractivity contribution in [2.24, 2.45) is 0 Å². The predicted octanol–water partition coefficient (Wildman–Crippen LogP) is 3.56. The molecule has 22 heavy (non-hydrogen) atoms. The van der Waals surface area contributed by atoms with Gasteiger partial charge in [0.05, 0.1) is 16.8 Å². The maximum atomic E-state index is 11.9. The first kappa shape index (κ1) is 17.3. The van der Waals surface area contributed by atoms with Crippen molar-refractivity contribution in [3.8, 4) is 0 Å². The molecule has 1 aliphatic rings. The molecule has 0 spiro atoms. The fraction of sp³-hybridized carbons (Fsp3) is 0.588. The Kier molecular flexibility index (Phi) is 7.16. The molecule has 1 aromatic rings. The summed E-state index contributed by atoms with van der Waals surface area (Å²) < 4.78 is 5.62. The number of hydrogen-bond donors (Lipinski definition) is 1. The van der Waals surface area contributed by atoms with E-state index in [9.17, 15) is 4.79 Å². The highest BCUT2D eigenvalue weighted by Gasteiger charge is 2.15. The SMILES string of the molecule is CN(CCCC1CCCO1)CCC(=O)Nc1ccccc1Cl. The van der Waals surface area contributed by atoms with Gasteiger partial charge in [-0.2, -0.15) is 0 Å². The van der Waals surface area contributed by atoms with E-state index in [1.54, 1.807) is 6.07 Å².